The van der Waals surface area contributed by atoms with Crippen LogP contribution in [-0.4, -0.2) is 5.11 Å². The average Bonchev–Trinajstić information content (AvgIpc) is 2.36. The van der Waals surface area contributed by atoms with E-state index in [1.807, 2.05) is 6.07 Å². The Morgan fingerprint density at radius 3 is 2.58 bits per heavy atom. The molecule has 0 saturated carbocycles. The second kappa shape index (κ2) is 5.36. The fraction of sp³-hybridized carbons (Fsp3) is 0.0714. The number of aromatic hydroxyl groups is 1. The molecular formula is C14H10F2N2O. The van der Waals surface area contributed by atoms with E-state index in [2.05, 4.69) is 5.32 Å². The maximum Gasteiger partial charge on any atom is 0.127 e. The van der Waals surface area contributed by atoms with Gasteiger partial charge in [0, 0.05) is 12.6 Å². The molecule has 0 amide bonds. The Kier molecular flexibility index (Phi) is 3.62. The maximum absolute atomic E-state index is 13.1. The minimum Gasteiger partial charge on any atom is -0.508 e. The molecule has 0 fully saturated rings. The molecule has 2 aromatic carbocycles. The Morgan fingerprint density at radius 2 is 1.89 bits per heavy atom. The van der Waals surface area contributed by atoms with Crippen LogP contribution in [0.5, 0.6) is 5.75 Å². The third-order valence-corrected chi connectivity index (χ3v) is 2.53. The molecule has 0 aliphatic heterocycles. The summed E-state index contributed by atoms with van der Waals surface area (Å²) in [7, 11) is 0. The lowest BCUT2D eigenvalue weighted by Gasteiger charge is -2.09. The molecule has 2 aromatic rings. The van der Waals surface area contributed by atoms with Crippen molar-refractivity contribution in [1.29, 1.82) is 5.26 Å². The number of hydrogen-bond acceptors (Lipinski definition) is 3. The van der Waals surface area contributed by atoms with Gasteiger partial charge in [0.1, 0.15) is 23.5 Å². The molecule has 0 aliphatic carbocycles. The van der Waals surface area contributed by atoms with Crippen LogP contribution in [-0.2, 0) is 6.54 Å². The highest BCUT2D eigenvalue weighted by Gasteiger charge is 2.04. The summed E-state index contributed by atoms with van der Waals surface area (Å²) < 4.78 is 26.0. The third-order valence-electron chi connectivity index (χ3n) is 2.53. The molecular weight excluding hydrogens is 250 g/mol. The van der Waals surface area contributed by atoms with Crippen molar-refractivity contribution in [3.63, 3.8) is 0 Å². The van der Waals surface area contributed by atoms with E-state index in [4.69, 9.17) is 5.26 Å². The standard InChI is InChI=1S/C14H10F2N2O/c15-11-1-2-14(10(5-11)7-17)18-8-9-3-12(16)6-13(19)4-9/h1-6,18-19H,8H2. The highest BCUT2D eigenvalue weighted by molar-refractivity contribution is 5.57. The number of phenolic OH excluding ortho intramolecular Hbond substituents is 1. The molecule has 0 atom stereocenters. The van der Waals surface area contributed by atoms with E-state index >= 15 is 0 Å². The molecule has 5 heteroatoms. The second-order valence-corrected chi connectivity index (χ2v) is 3.97. The molecule has 19 heavy (non-hydrogen) atoms. The van der Waals surface area contributed by atoms with Gasteiger partial charge in [0.25, 0.3) is 0 Å². The van der Waals surface area contributed by atoms with Crippen molar-refractivity contribution in [3.05, 3.63) is 59.2 Å². The van der Waals surface area contributed by atoms with Gasteiger partial charge >= 0.3 is 0 Å². The van der Waals surface area contributed by atoms with Crippen LogP contribution < -0.4 is 5.32 Å². The lowest BCUT2D eigenvalue weighted by atomic mass is 10.1. The summed E-state index contributed by atoms with van der Waals surface area (Å²) in [4.78, 5) is 0. The molecule has 0 spiro atoms. The van der Waals surface area contributed by atoms with Crippen molar-refractivity contribution in [3.8, 4) is 11.8 Å². The van der Waals surface area contributed by atoms with Crippen LogP contribution >= 0.6 is 0 Å². The molecule has 0 aromatic heterocycles. The quantitative estimate of drug-likeness (QED) is 0.891. The monoisotopic (exact) mass is 260 g/mol. The van der Waals surface area contributed by atoms with Gasteiger partial charge in [-0.3, -0.25) is 0 Å². The highest BCUT2D eigenvalue weighted by Crippen LogP contribution is 2.19. The predicted octanol–water partition coefficient (Wildman–Crippen LogP) is 3.15. The lowest BCUT2D eigenvalue weighted by molar-refractivity contribution is 0.468. The number of nitriles is 1. The Labute approximate surface area is 108 Å². The minimum absolute atomic E-state index is 0.167. The number of nitrogens with zero attached hydrogens (tertiary/aromatic N) is 1. The first-order chi connectivity index (χ1) is 9.08. The van der Waals surface area contributed by atoms with Gasteiger partial charge in [-0.2, -0.15) is 5.26 Å². The van der Waals surface area contributed by atoms with Crippen molar-refractivity contribution < 1.29 is 13.9 Å². The molecule has 0 radical (unpaired) electrons. The van der Waals surface area contributed by atoms with E-state index in [0.29, 0.717) is 11.3 Å². The van der Waals surface area contributed by atoms with Crippen molar-refractivity contribution in [2.75, 3.05) is 5.32 Å². The van der Waals surface area contributed by atoms with Gasteiger partial charge < -0.3 is 10.4 Å². The first kappa shape index (κ1) is 12.8. The van der Waals surface area contributed by atoms with Gasteiger partial charge in [0.15, 0.2) is 0 Å². The molecule has 2 rings (SSSR count). The van der Waals surface area contributed by atoms with Crippen LogP contribution in [0.25, 0.3) is 0 Å². The van der Waals surface area contributed by atoms with Gasteiger partial charge in [-0.1, -0.05) is 0 Å². The third kappa shape index (κ3) is 3.19. The van der Waals surface area contributed by atoms with Gasteiger partial charge in [-0.05, 0) is 35.9 Å². The van der Waals surface area contributed by atoms with E-state index in [-0.39, 0.29) is 17.9 Å². The smallest absolute Gasteiger partial charge is 0.127 e. The van der Waals surface area contributed by atoms with Crippen molar-refractivity contribution in [2.45, 2.75) is 6.54 Å². The van der Waals surface area contributed by atoms with Crippen LogP contribution in [0, 0.1) is 23.0 Å². The normalized spacial score (nSPS) is 9.95. The van der Waals surface area contributed by atoms with Crippen molar-refractivity contribution in [1.82, 2.24) is 0 Å². The summed E-state index contributed by atoms with van der Waals surface area (Å²) >= 11 is 0. The largest absolute Gasteiger partial charge is 0.508 e. The van der Waals surface area contributed by atoms with Crippen LogP contribution in [0.4, 0.5) is 14.5 Å². The summed E-state index contributed by atoms with van der Waals surface area (Å²) in [5, 5.41) is 21.0. The number of halogens is 2. The van der Waals surface area contributed by atoms with E-state index in [1.54, 1.807) is 0 Å². The summed E-state index contributed by atoms with van der Waals surface area (Å²) in [6.45, 7) is 0.214. The Morgan fingerprint density at radius 1 is 1.11 bits per heavy atom. The number of benzene rings is 2. The van der Waals surface area contributed by atoms with E-state index in [0.717, 1.165) is 12.1 Å². The number of nitrogens with one attached hydrogen (secondary N) is 1. The molecule has 2 N–H and O–H groups in total. The van der Waals surface area contributed by atoms with Gasteiger partial charge in [0.2, 0.25) is 0 Å². The molecule has 0 bridgehead atoms. The molecule has 0 heterocycles. The highest BCUT2D eigenvalue weighted by atomic mass is 19.1. The van der Waals surface area contributed by atoms with Crippen molar-refractivity contribution >= 4 is 5.69 Å². The lowest BCUT2D eigenvalue weighted by Crippen LogP contribution is -2.02. The van der Waals surface area contributed by atoms with Crippen molar-refractivity contribution in [2.24, 2.45) is 0 Å². The minimum atomic E-state index is -0.545. The zero-order chi connectivity index (χ0) is 13.8. The number of phenols is 1. The Hall–Kier alpha value is -2.61. The van der Waals surface area contributed by atoms with E-state index in [9.17, 15) is 13.9 Å². The van der Waals surface area contributed by atoms with Crippen LogP contribution in [0.3, 0.4) is 0 Å². The molecule has 0 aliphatic rings. The summed E-state index contributed by atoms with van der Waals surface area (Å²) in [5.41, 5.74) is 1.14. The molecule has 96 valence electrons. The Balaban J connectivity index is 2.17. The number of rotatable bonds is 3. The number of hydrogen-bond donors (Lipinski definition) is 2. The second-order valence-electron chi connectivity index (χ2n) is 3.97. The van der Waals surface area contributed by atoms with E-state index < -0.39 is 11.6 Å². The van der Waals surface area contributed by atoms with E-state index in [1.165, 1.54) is 24.3 Å². The maximum atomic E-state index is 13.1. The SMILES string of the molecule is N#Cc1cc(F)ccc1NCc1cc(O)cc(F)c1. The van der Waals surface area contributed by atoms with Gasteiger partial charge in [-0.25, -0.2) is 8.78 Å². The topological polar surface area (TPSA) is 56.0 Å². The fourth-order valence-electron chi connectivity index (χ4n) is 1.70. The molecule has 3 nitrogen and oxygen atoms in total. The number of anilines is 1. The summed E-state index contributed by atoms with van der Waals surface area (Å²) in [6, 6.07) is 9.33. The predicted molar refractivity (Wildman–Crippen MR) is 66.5 cm³/mol. The summed E-state index contributed by atoms with van der Waals surface area (Å²) in [6.07, 6.45) is 0. The van der Waals surface area contributed by atoms with Crippen LogP contribution in [0.1, 0.15) is 11.1 Å². The first-order valence-corrected chi connectivity index (χ1v) is 5.50. The Bertz CT molecular complexity index is 630. The van der Waals surface area contributed by atoms with Crippen LogP contribution in [0.2, 0.25) is 0 Å². The van der Waals surface area contributed by atoms with Crippen LogP contribution in [0.15, 0.2) is 36.4 Å². The average molecular weight is 260 g/mol. The fourth-order valence-corrected chi connectivity index (χ4v) is 1.70. The zero-order valence-corrected chi connectivity index (χ0v) is 9.82. The molecule has 0 unspecified atom stereocenters. The molecule has 0 saturated heterocycles. The van der Waals surface area contributed by atoms with Gasteiger partial charge in [0.05, 0.1) is 11.3 Å². The zero-order valence-electron chi connectivity index (χ0n) is 9.82. The first-order valence-electron chi connectivity index (χ1n) is 5.50. The van der Waals surface area contributed by atoms with Gasteiger partial charge in [-0.15, -0.1) is 0 Å². The summed E-state index contributed by atoms with van der Waals surface area (Å²) in [5.74, 6) is -1.21.